The van der Waals surface area contributed by atoms with Gasteiger partial charge in [-0.05, 0) is 0 Å². The molecule has 1 aliphatic rings. The van der Waals surface area contributed by atoms with Gasteiger partial charge in [-0.25, -0.2) is 0 Å². The Morgan fingerprint density at radius 1 is 1.08 bits per heavy atom. The van der Waals surface area contributed by atoms with Crippen molar-refractivity contribution in [3.8, 4) is 0 Å². The zero-order chi connectivity index (χ0) is 10.2. The first-order chi connectivity index (χ1) is 5.92. The second-order valence-electron chi connectivity index (χ2n) is 2.94. The van der Waals surface area contributed by atoms with E-state index in [0.29, 0.717) is 0 Å². The van der Waals surface area contributed by atoms with Crippen molar-refractivity contribution in [2.75, 3.05) is 6.61 Å². The minimum Gasteiger partial charge on any atom is -0.391 e. The topological polar surface area (TPSA) is 131 Å². The Morgan fingerprint density at radius 3 is 2.08 bits per heavy atom. The molecule has 7 heteroatoms. The Labute approximate surface area is 73.4 Å². The van der Waals surface area contributed by atoms with Crippen LogP contribution in [0.2, 0.25) is 0 Å². The number of aliphatic hydroxyl groups is 6. The van der Waals surface area contributed by atoms with E-state index in [0.717, 1.165) is 0 Å². The molecule has 0 bridgehead atoms. The fourth-order valence-corrected chi connectivity index (χ4v) is 1.10. The molecule has 0 aromatic heterocycles. The quantitative estimate of drug-likeness (QED) is 0.253. The van der Waals surface area contributed by atoms with Crippen molar-refractivity contribution in [3.63, 3.8) is 0 Å². The van der Waals surface area contributed by atoms with Crippen LogP contribution in [0.15, 0.2) is 0 Å². The van der Waals surface area contributed by atoms with Crippen LogP contribution in [0.3, 0.4) is 0 Å². The van der Waals surface area contributed by atoms with Gasteiger partial charge >= 0.3 is 0 Å². The van der Waals surface area contributed by atoms with E-state index in [1.54, 1.807) is 0 Å². The lowest BCUT2D eigenvalue weighted by Gasteiger charge is -2.42. The molecule has 6 N–H and O–H groups in total. The molecular weight excluding hydrogens is 184 g/mol. The molecule has 0 aromatic rings. The van der Waals surface area contributed by atoms with E-state index in [2.05, 4.69) is 4.74 Å². The summed E-state index contributed by atoms with van der Waals surface area (Å²) in [6.45, 7) is -1.00. The van der Waals surface area contributed by atoms with Crippen LogP contribution in [-0.4, -0.2) is 67.6 Å². The van der Waals surface area contributed by atoms with Gasteiger partial charge in [0.15, 0.2) is 6.29 Å². The summed E-state index contributed by atoms with van der Waals surface area (Å²) in [6, 6.07) is 0. The van der Waals surface area contributed by atoms with Crippen LogP contribution in [-0.2, 0) is 4.74 Å². The molecule has 0 unspecified atom stereocenters. The Morgan fingerprint density at radius 2 is 1.62 bits per heavy atom. The van der Waals surface area contributed by atoms with E-state index in [1.807, 2.05) is 0 Å². The third-order valence-corrected chi connectivity index (χ3v) is 1.98. The van der Waals surface area contributed by atoms with Gasteiger partial charge < -0.3 is 35.4 Å². The standard InChI is InChI=1S/C6H12O7/c7-1-6(12)4(10)2(8)3(9)5(11)13-6/h2-5,7-12H,1H2/t2-,3+,4-,5-,6+/m0/s1. The zero-order valence-electron chi connectivity index (χ0n) is 6.61. The van der Waals surface area contributed by atoms with Crippen molar-refractivity contribution in [3.05, 3.63) is 0 Å². The van der Waals surface area contributed by atoms with Crippen molar-refractivity contribution in [2.45, 2.75) is 30.4 Å². The van der Waals surface area contributed by atoms with Crippen molar-refractivity contribution in [1.82, 2.24) is 0 Å². The molecule has 1 heterocycles. The van der Waals surface area contributed by atoms with Crippen molar-refractivity contribution in [1.29, 1.82) is 0 Å². The van der Waals surface area contributed by atoms with Crippen LogP contribution < -0.4 is 0 Å². The lowest BCUT2D eigenvalue weighted by molar-refractivity contribution is -0.390. The van der Waals surface area contributed by atoms with Gasteiger partial charge in [0.05, 0.1) is 6.61 Å². The number of hydrogen-bond acceptors (Lipinski definition) is 7. The molecule has 0 saturated carbocycles. The molecule has 0 aromatic carbocycles. The summed E-state index contributed by atoms with van der Waals surface area (Å²) in [6.07, 6.45) is -7.23. The summed E-state index contributed by atoms with van der Waals surface area (Å²) >= 11 is 0. The molecular formula is C6H12O7. The smallest absolute Gasteiger partial charge is 0.221 e. The SMILES string of the molecule is OC[C@@]1(O)O[C@H](O)[C@H](O)[C@H](O)[C@@H]1O. The Balaban J connectivity index is 2.82. The van der Waals surface area contributed by atoms with Crippen molar-refractivity contribution < 1.29 is 35.4 Å². The number of hydrogen-bond donors (Lipinski definition) is 6. The van der Waals surface area contributed by atoms with Crippen molar-refractivity contribution in [2.24, 2.45) is 0 Å². The summed E-state index contributed by atoms with van der Waals surface area (Å²) in [5.74, 6) is -2.45. The number of ether oxygens (including phenoxy) is 1. The first kappa shape index (κ1) is 10.8. The van der Waals surface area contributed by atoms with E-state index in [9.17, 15) is 5.11 Å². The maximum Gasteiger partial charge on any atom is 0.221 e. The molecule has 1 saturated heterocycles. The first-order valence-corrected chi connectivity index (χ1v) is 3.65. The molecule has 0 aliphatic carbocycles. The van der Waals surface area contributed by atoms with E-state index in [4.69, 9.17) is 25.5 Å². The van der Waals surface area contributed by atoms with Crippen LogP contribution in [0.4, 0.5) is 0 Å². The summed E-state index contributed by atoms with van der Waals surface area (Å²) in [4.78, 5) is 0. The molecule has 13 heavy (non-hydrogen) atoms. The molecule has 1 aliphatic heterocycles. The van der Waals surface area contributed by atoms with Crippen LogP contribution in [0.1, 0.15) is 0 Å². The van der Waals surface area contributed by atoms with Gasteiger partial charge in [-0.15, -0.1) is 0 Å². The molecule has 1 fully saturated rings. The average Bonchev–Trinajstić information content (AvgIpc) is 2.12. The largest absolute Gasteiger partial charge is 0.391 e. The monoisotopic (exact) mass is 196 g/mol. The van der Waals surface area contributed by atoms with Crippen LogP contribution in [0, 0.1) is 0 Å². The van der Waals surface area contributed by atoms with Gasteiger partial charge in [0.2, 0.25) is 5.79 Å². The van der Waals surface area contributed by atoms with E-state index >= 15 is 0 Å². The second-order valence-corrected chi connectivity index (χ2v) is 2.94. The van der Waals surface area contributed by atoms with Gasteiger partial charge in [-0.1, -0.05) is 0 Å². The summed E-state index contributed by atoms with van der Waals surface area (Å²) < 4.78 is 4.32. The molecule has 0 amide bonds. The summed E-state index contributed by atoms with van der Waals surface area (Å²) in [7, 11) is 0. The lowest BCUT2D eigenvalue weighted by atomic mass is 9.96. The fourth-order valence-electron chi connectivity index (χ4n) is 1.10. The third kappa shape index (κ3) is 1.67. The molecule has 0 radical (unpaired) electrons. The van der Waals surface area contributed by atoms with Gasteiger partial charge in [-0.2, -0.15) is 0 Å². The highest BCUT2D eigenvalue weighted by Crippen LogP contribution is 2.26. The van der Waals surface area contributed by atoms with E-state index < -0.39 is 37.0 Å². The van der Waals surface area contributed by atoms with Crippen LogP contribution in [0.25, 0.3) is 0 Å². The molecule has 78 valence electrons. The maximum absolute atomic E-state index is 9.25. The predicted octanol–water partition coefficient (Wildman–Crippen LogP) is -3.90. The van der Waals surface area contributed by atoms with Gasteiger partial charge in [0.25, 0.3) is 0 Å². The zero-order valence-corrected chi connectivity index (χ0v) is 6.61. The summed E-state index contributed by atoms with van der Waals surface area (Å²) in [5.41, 5.74) is 0. The average molecular weight is 196 g/mol. The van der Waals surface area contributed by atoms with E-state index in [1.165, 1.54) is 0 Å². The highest BCUT2D eigenvalue weighted by molar-refractivity contribution is 4.92. The third-order valence-electron chi connectivity index (χ3n) is 1.98. The Hall–Kier alpha value is -0.280. The highest BCUT2D eigenvalue weighted by atomic mass is 16.7. The normalized spacial score (nSPS) is 52.2. The van der Waals surface area contributed by atoms with Crippen molar-refractivity contribution >= 4 is 0 Å². The predicted molar refractivity (Wildman–Crippen MR) is 37.1 cm³/mol. The molecule has 0 spiro atoms. The molecule has 5 atom stereocenters. The lowest BCUT2D eigenvalue weighted by Crippen LogP contribution is -2.65. The number of rotatable bonds is 1. The van der Waals surface area contributed by atoms with Crippen LogP contribution >= 0.6 is 0 Å². The molecule has 1 rings (SSSR count). The fraction of sp³-hybridized carbons (Fsp3) is 1.00. The minimum absolute atomic E-state index is 1.00. The highest BCUT2D eigenvalue weighted by Gasteiger charge is 2.52. The minimum atomic E-state index is -2.45. The van der Waals surface area contributed by atoms with Gasteiger partial charge in [-0.3, -0.25) is 0 Å². The second kappa shape index (κ2) is 3.46. The maximum atomic E-state index is 9.25. The van der Waals surface area contributed by atoms with Crippen LogP contribution in [0.5, 0.6) is 0 Å². The Kier molecular flexibility index (Phi) is 2.88. The Bertz CT molecular complexity index is 186. The molecule has 7 nitrogen and oxygen atoms in total. The van der Waals surface area contributed by atoms with Gasteiger partial charge in [0, 0.05) is 0 Å². The first-order valence-electron chi connectivity index (χ1n) is 3.65. The number of aliphatic hydroxyl groups excluding tert-OH is 5. The van der Waals surface area contributed by atoms with Gasteiger partial charge in [0.1, 0.15) is 18.3 Å². The summed E-state index contributed by atoms with van der Waals surface area (Å²) in [5, 5.41) is 53.9. The van der Waals surface area contributed by atoms with E-state index in [-0.39, 0.29) is 0 Å².